The number of methoxy groups -OCH3 is 1. The minimum atomic E-state index is -0.251. The maximum Gasteiger partial charge on any atom is 0.261 e. The van der Waals surface area contributed by atoms with Crippen molar-refractivity contribution >= 4 is 27.5 Å². The van der Waals surface area contributed by atoms with Gasteiger partial charge in [0, 0.05) is 28.5 Å². The first-order chi connectivity index (χ1) is 11.5. The van der Waals surface area contributed by atoms with Crippen molar-refractivity contribution in [3.63, 3.8) is 0 Å². The topological polar surface area (TPSA) is 60.3 Å². The molecule has 1 amide bonds. The van der Waals surface area contributed by atoms with E-state index >= 15 is 0 Å². The van der Waals surface area contributed by atoms with Crippen LogP contribution >= 0.6 is 15.9 Å². The van der Waals surface area contributed by atoms with Gasteiger partial charge in [-0.3, -0.25) is 9.59 Å². The molecule has 2 heterocycles. The van der Waals surface area contributed by atoms with E-state index in [4.69, 9.17) is 4.74 Å². The largest absolute Gasteiger partial charge is 0.496 e. The molecule has 6 heteroatoms. The lowest BCUT2D eigenvalue weighted by Crippen LogP contribution is -2.30. The Morgan fingerprint density at radius 1 is 1.29 bits per heavy atom. The number of amides is 1. The van der Waals surface area contributed by atoms with Crippen molar-refractivity contribution in [1.29, 1.82) is 0 Å². The Kier molecular flexibility index (Phi) is 4.76. The summed E-state index contributed by atoms with van der Waals surface area (Å²) in [5.41, 5.74) is 2.85. The molecule has 3 rings (SSSR count). The van der Waals surface area contributed by atoms with Gasteiger partial charge in [0.15, 0.2) is 0 Å². The van der Waals surface area contributed by atoms with Gasteiger partial charge in [-0.1, -0.05) is 15.9 Å². The predicted molar refractivity (Wildman–Crippen MR) is 97.0 cm³/mol. The maximum atomic E-state index is 12.9. The number of fused-ring (bicyclic) bond motifs is 1. The molecule has 0 fully saturated rings. The van der Waals surface area contributed by atoms with Crippen LogP contribution in [0, 0.1) is 6.92 Å². The molecule has 126 valence electrons. The molecule has 1 N–H and O–H groups in total. The molecule has 2 aromatic rings. The molecule has 5 nitrogen and oxygen atoms in total. The zero-order valence-corrected chi connectivity index (χ0v) is 15.3. The Labute approximate surface area is 148 Å². The van der Waals surface area contributed by atoms with Gasteiger partial charge >= 0.3 is 0 Å². The number of halogens is 1. The summed E-state index contributed by atoms with van der Waals surface area (Å²) in [5.74, 6) is 0.0821. The molecular weight excluding hydrogens is 372 g/mol. The van der Waals surface area contributed by atoms with Gasteiger partial charge < -0.3 is 14.6 Å². The van der Waals surface area contributed by atoms with Crippen LogP contribution in [-0.4, -0.2) is 17.6 Å². The number of hydrogen-bond donors (Lipinski definition) is 1. The number of nitrogens with zero attached hydrogens (tertiary/aromatic N) is 1. The maximum absolute atomic E-state index is 12.9. The summed E-state index contributed by atoms with van der Waals surface area (Å²) in [7, 11) is 1.48. The quantitative estimate of drug-likeness (QED) is 0.871. The fourth-order valence-electron chi connectivity index (χ4n) is 3.06. The highest BCUT2D eigenvalue weighted by molar-refractivity contribution is 9.10. The number of nitrogens with one attached hydrogen (secondary N) is 1. The fourth-order valence-corrected chi connectivity index (χ4v) is 3.31. The zero-order chi connectivity index (χ0) is 17.3. The number of benzene rings is 1. The third-order valence-corrected chi connectivity index (χ3v) is 5.18. The molecule has 0 spiro atoms. The van der Waals surface area contributed by atoms with Gasteiger partial charge in [0.1, 0.15) is 11.3 Å². The SMILES string of the molecule is COc1cc(=O)n2c(c1C(=O)Nc1ccc(Br)c(C)c1)CCCC2. The van der Waals surface area contributed by atoms with E-state index in [0.717, 1.165) is 28.6 Å². The van der Waals surface area contributed by atoms with Crippen molar-refractivity contribution in [1.82, 2.24) is 4.57 Å². The Bertz CT molecular complexity index is 858. The summed E-state index contributed by atoms with van der Waals surface area (Å²) in [5, 5.41) is 2.92. The van der Waals surface area contributed by atoms with E-state index in [1.54, 1.807) is 4.57 Å². The number of anilines is 1. The lowest BCUT2D eigenvalue weighted by molar-refractivity contribution is 0.102. The van der Waals surface area contributed by atoms with Crippen LogP contribution in [-0.2, 0) is 13.0 Å². The third kappa shape index (κ3) is 3.11. The first-order valence-electron chi connectivity index (χ1n) is 7.89. The fraction of sp³-hybridized carbons (Fsp3) is 0.333. The van der Waals surface area contributed by atoms with Crippen LogP contribution in [0.2, 0.25) is 0 Å². The van der Waals surface area contributed by atoms with Crippen LogP contribution in [0.15, 0.2) is 33.5 Å². The Balaban J connectivity index is 2.02. The third-order valence-electron chi connectivity index (χ3n) is 4.29. The first kappa shape index (κ1) is 16.8. The summed E-state index contributed by atoms with van der Waals surface area (Å²) in [4.78, 5) is 25.1. The second kappa shape index (κ2) is 6.81. The van der Waals surface area contributed by atoms with Crippen LogP contribution in [0.4, 0.5) is 5.69 Å². The number of carbonyl (C=O) groups is 1. The van der Waals surface area contributed by atoms with Crippen molar-refractivity contribution in [2.24, 2.45) is 0 Å². The Morgan fingerprint density at radius 3 is 2.79 bits per heavy atom. The predicted octanol–water partition coefficient (Wildman–Crippen LogP) is 3.52. The van der Waals surface area contributed by atoms with Gasteiger partial charge in [-0.15, -0.1) is 0 Å². The summed E-state index contributed by atoms with van der Waals surface area (Å²) in [6, 6.07) is 7.03. The number of aryl methyl sites for hydroxylation is 1. The number of carbonyl (C=O) groups excluding carboxylic acids is 1. The number of ether oxygens (including phenoxy) is 1. The molecule has 1 aromatic heterocycles. The minimum absolute atomic E-state index is 0.113. The number of hydrogen-bond acceptors (Lipinski definition) is 3. The number of pyridine rings is 1. The van der Waals surface area contributed by atoms with Crippen LogP contribution in [0.1, 0.15) is 34.5 Å². The van der Waals surface area contributed by atoms with E-state index in [9.17, 15) is 9.59 Å². The van der Waals surface area contributed by atoms with E-state index in [0.29, 0.717) is 30.0 Å². The van der Waals surface area contributed by atoms with Gasteiger partial charge in [-0.25, -0.2) is 0 Å². The summed E-state index contributed by atoms with van der Waals surface area (Å²) >= 11 is 3.45. The van der Waals surface area contributed by atoms with Crippen LogP contribution in [0.25, 0.3) is 0 Å². The lowest BCUT2D eigenvalue weighted by atomic mass is 10.0. The first-order valence-corrected chi connectivity index (χ1v) is 8.68. The molecule has 0 aliphatic carbocycles. The highest BCUT2D eigenvalue weighted by atomic mass is 79.9. The van der Waals surface area contributed by atoms with E-state index < -0.39 is 0 Å². The molecule has 0 saturated heterocycles. The molecular formula is C18H19BrN2O3. The van der Waals surface area contributed by atoms with Crippen molar-refractivity contribution in [3.8, 4) is 5.75 Å². The van der Waals surface area contributed by atoms with Crippen LogP contribution in [0.3, 0.4) is 0 Å². The highest BCUT2D eigenvalue weighted by Gasteiger charge is 2.24. The molecule has 1 aliphatic rings. The molecule has 0 bridgehead atoms. The van der Waals surface area contributed by atoms with Gasteiger partial charge in [0.2, 0.25) is 0 Å². The van der Waals surface area contributed by atoms with Crippen molar-refractivity contribution in [2.75, 3.05) is 12.4 Å². The van der Waals surface area contributed by atoms with Gasteiger partial charge in [-0.05, 0) is 49.9 Å². The van der Waals surface area contributed by atoms with E-state index in [-0.39, 0.29) is 11.5 Å². The Hall–Kier alpha value is -2.08. The molecule has 1 aliphatic heterocycles. The van der Waals surface area contributed by atoms with E-state index in [2.05, 4.69) is 21.2 Å². The normalized spacial score (nSPS) is 13.3. The second-order valence-corrected chi connectivity index (χ2v) is 6.75. The molecule has 0 radical (unpaired) electrons. The van der Waals surface area contributed by atoms with Crippen LogP contribution in [0.5, 0.6) is 5.75 Å². The monoisotopic (exact) mass is 390 g/mol. The highest BCUT2D eigenvalue weighted by Crippen LogP contribution is 2.27. The smallest absolute Gasteiger partial charge is 0.261 e. The number of rotatable bonds is 3. The van der Waals surface area contributed by atoms with Gasteiger partial charge in [0.05, 0.1) is 7.11 Å². The summed E-state index contributed by atoms with van der Waals surface area (Å²) < 4.78 is 7.99. The zero-order valence-electron chi connectivity index (χ0n) is 13.7. The van der Waals surface area contributed by atoms with Crippen molar-refractivity contribution in [2.45, 2.75) is 32.7 Å². The minimum Gasteiger partial charge on any atom is -0.496 e. The molecule has 0 saturated carbocycles. The molecule has 0 unspecified atom stereocenters. The lowest BCUT2D eigenvalue weighted by Gasteiger charge is -2.22. The average molecular weight is 391 g/mol. The standard InChI is InChI=1S/C18H19BrN2O3/c1-11-9-12(6-7-13(11)19)20-18(23)17-14-5-3-4-8-21(14)16(22)10-15(17)24-2/h6-7,9-10H,3-5,8H2,1-2H3,(H,20,23). The molecule has 24 heavy (non-hydrogen) atoms. The van der Waals surface area contributed by atoms with Gasteiger partial charge in [0.25, 0.3) is 11.5 Å². The van der Waals surface area contributed by atoms with E-state index in [1.807, 2.05) is 25.1 Å². The average Bonchev–Trinajstić information content (AvgIpc) is 2.58. The van der Waals surface area contributed by atoms with E-state index in [1.165, 1.54) is 13.2 Å². The van der Waals surface area contributed by atoms with Gasteiger partial charge in [-0.2, -0.15) is 0 Å². The second-order valence-electron chi connectivity index (χ2n) is 5.90. The van der Waals surface area contributed by atoms with Crippen molar-refractivity contribution in [3.05, 3.63) is 55.9 Å². The van der Waals surface area contributed by atoms with Crippen LogP contribution < -0.4 is 15.6 Å². The Morgan fingerprint density at radius 2 is 2.08 bits per heavy atom. The summed E-state index contributed by atoms with van der Waals surface area (Å²) in [6.07, 6.45) is 2.62. The van der Waals surface area contributed by atoms with Crippen molar-refractivity contribution < 1.29 is 9.53 Å². The molecule has 1 aromatic carbocycles. The summed E-state index contributed by atoms with van der Waals surface area (Å²) in [6.45, 7) is 2.61. The number of aromatic nitrogens is 1. The molecule has 0 atom stereocenters.